The molecule has 2 aliphatic heterocycles. The van der Waals surface area contributed by atoms with Gasteiger partial charge in [-0.3, -0.25) is 9.80 Å². The van der Waals surface area contributed by atoms with Crippen LogP contribution in [0.25, 0.3) is 0 Å². The Bertz CT molecular complexity index is 283. The molecule has 2 saturated heterocycles. The largest absolute Gasteiger partial charge is 0.290 e. The Morgan fingerprint density at radius 3 is 1.93 bits per heavy atom. The maximum Gasteiger partial charge on any atom is 0.152 e. The number of rotatable bonds is 2. The summed E-state index contributed by atoms with van der Waals surface area (Å²) < 4.78 is 22.5. The Hall–Kier alpha value is -0.130. The molecule has 0 amide bonds. The smallest absolute Gasteiger partial charge is 0.152 e. The second-order valence-corrected chi connectivity index (χ2v) is 6.89. The highest BCUT2D eigenvalue weighted by atomic mass is 32.2. The van der Waals surface area contributed by atoms with E-state index in [1.807, 2.05) is 0 Å². The minimum absolute atomic E-state index is 0.348. The van der Waals surface area contributed by atoms with E-state index in [0.717, 1.165) is 19.8 Å². The van der Waals surface area contributed by atoms with Crippen molar-refractivity contribution in [3.8, 4) is 0 Å². The van der Waals surface area contributed by atoms with Crippen LogP contribution in [0.1, 0.15) is 19.3 Å². The number of hydrogen-bond acceptors (Lipinski definition) is 4. The second kappa shape index (κ2) is 4.80. The van der Waals surface area contributed by atoms with Crippen molar-refractivity contribution in [2.24, 2.45) is 0 Å². The molecule has 0 aromatic rings. The molecule has 2 heterocycles. The summed E-state index contributed by atoms with van der Waals surface area (Å²) in [5, 5.41) is 0. The molecule has 0 aromatic heterocycles. The fraction of sp³-hybridized carbons (Fsp3) is 1.00. The van der Waals surface area contributed by atoms with Crippen molar-refractivity contribution >= 4 is 9.84 Å². The number of piperidine rings is 1. The van der Waals surface area contributed by atoms with Gasteiger partial charge in [0.25, 0.3) is 0 Å². The van der Waals surface area contributed by atoms with Crippen LogP contribution in [-0.4, -0.2) is 62.6 Å². The van der Waals surface area contributed by atoms with Gasteiger partial charge in [-0.2, -0.15) is 0 Å². The molecular formula is C10H20N2O2S. The van der Waals surface area contributed by atoms with Crippen LogP contribution < -0.4 is 0 Å². The fourth-order valence-electron chi connectivity index (χ4n) is 2.28. The summed E-state index contributed by atoms with van der Waals surface area (Å²) in [7, 11) is -2.72. The van der Waals surface area contributed by atoms with Crippen LogP contribution in [0, 0.1) is 0 Å². The molecule has 2 fully saturated rings. The lowest BCUT2D eigenvalue weighted by atomic mass is 10.1. The average molecular weight is 232 g/mol. The van der Waals surface area contributed by atoms with Gasteiger partial charge in [0.15, 0.2) is 9.84 Å². The number of sulfone groups is 1. The highest BCUT2D eigenvalue weighted by molar-refractivity contribution is 7.91. The molecule has 5 heteroatoms. The van der Waals surface area contributed by atoms with E-state index >= 15 is 0 Å². The maximum absolute atomic E-state index is 11.2. The lowest BCUT2D eigenvalue weighted by Gasteiger charge is -2.34. The third-order valence-corrected chi connectivity index (χ3v) is 4.89. The van der Waals surface area contributed by atoms with E-state index in [9.17, 15) is 8.42 Å². The van der Waals surface area contributed by atoms with Crippen molar-refractivity contribution in [2.45, 2.75) is 19.3 Å². The first-order chi connectivity index (χ1) is 7.16. The number of likely N-dealkylation sites (tertiary alicyclic amines) is 1. The zero-order valence-electron chi connectivity index (χ0n) is 9.19. The fourth-order valence-corrected chi connectivity index (χ4v) is 3.55. The van der Waals surface area contributed by atoms with Gasteiger partial charge in [-0.15, -0.1) is 0 Å². The Balaban J connectivity index is 1.76. The van der Waals surface area contributed by atoms with E-state index in [1.54, 1.807) is 0 Å². The highest BCUT2D eigenvalue weighted by Crippen LogP contribution is 2.11. The molecular weight excluding hydrogens is 212 g/mol. The van der Waals surface area contributed by atoms with E-state index in [0.29, 0.717) is 11.5 Å². The quantitative estimate of drug-likeness (QED) is 0.680. The van der Waals surface area contributed by atoms with Crippen LogP contribution in [0.5, 0.6) is 0 Å². The minimum atomic E-state index is -2.72. The van der Waals surface area contributed by atoms with Gasteiger partial charge in [0, 0.05) is 13.1 Å². The van der Waals surface area contributed by atoms with Crippen LogP contribution in [0.15, 0.2) is 0 Å². The third-order valence-electron chi connectivity index (χ3n) is 3.29. The summed E-state index contributed by atoms with van der Waals surface area (Å²) >= 11 is 0. The molecule has 0 saturated carbocycles. The standard InChI is InChI=1S/C10H20N2O2S/c13-15(14)8-6-12(7-9-15)10-11-4-2-1-3-5-11/h1-10H2. The summed E-state index contributed by atoms with van der Waals surface area (Å²) in [5.74, 6) is 0.696. The van der Waals surface area contributed by atoms with Crippen LogP contribution in [-0.2, 0) is 9.84 Å². The Morgan fingerprint density at radius 2 is 1.33 bits per heavy atom. The minimum Gasteiger partial charge on any atom is -0.290 e. The predicted molar refractivity (Wildman–Crippen MR) is 60.5 cm³/mol. The van der Waals surface area contributed by atoms with Gasteiger partial charge in [0.05, 0.1) is 18.2 Å². The second-order valence-electron chi connectivity index (χ2n) is 4.59. The zero-order valence-corrected chi connectivity index (χ0v) is 10.0. The first-order valence-corrected chi connectivity index (χ1v) is 7.63. The first-order valence-electron chi connectivity index (χ1n) is 5.81. The number of hydrogen-bond donors (Lipinski definition) is 0. The molecule has 2 aliphatic rings. The van der Waals surface area contributed by atoms with Gasteiger partial charge in [-0.1, -0.05) is 6.42 Å². The molecule has 0 spiro atoms. The van der Waals surface area contributed by atoms with Gasteiger partial charge in [-0.05, 0) is 25.9 Å². The van der Waals surface area contributed by atoms with Gasteiger partial charge in [-0.25, -0.2) is 8.42 Å². The predicted octanol–water partition coefficient (Wildman–Crippen LogP) is 0.160. The lowest BCUT2D eigenvalue weighted by Crippen LogP contribution is -2.47. The van der Waals surface area contributed by atoms with Crippen molar-refractivity contribution in [3.05, 3.63) is 0 Å². The van der Waals surface area contributed by atoms with E-state index in [2.05, 4.69) is 9.80 Å². The Labute approximate surface area is 92.2 Å². The highest BCUT2D eigenvalue weighted by Gasteiger charge is 2.23. The maximum atomic E-state index is 11.2. The Kier molecular flexibility index (Phi) is 3.64. The monoisotopic (exact) mass is 232 g/mol. The lowest BCUT2D eigenvalue weighted by molar-refractivity contribution is 0.120. The van der Waals surface area contributed by atoms with Crippen LogP contribution in [0.4, 0.5) is 0 Å². The first kappa shape index (κ1) is 11.4. The topological polar surface area (TPSA) is 40.6 Å². The molecule has 0 N–H and O–H groups in total. The molecule has 4 nitrogen and oxygen atoms in total. The van der Waals surface area contributed by atoms with Gasteiger partial charge < -0.3 is 0 Å². The Morgan fingerprint density at radius 1 is 0.800 bits per heavy atom. The van der Waals surface area contributed by atoms with E-state index in [1.165, 1.54) is 32.4 Å². The third kappa shape index (κ3) is 3.43. The molecule has 0 bridgehead atoms. The van der Waals surface area contributed by atoms with Gasteiger partial charge in [0.2, 0.25) is 0 Å². The summed E-state index contributed by atoms with van der Waals surface area (Å²) in [6.45, 7) is 4.78. The van der Waals surface area contributed by atoms with Gasteiger partial charge in [0.1, 0.15) is 0 Å². The van der Waals surface area contributed by atoms with Crippen molar-refractivity contribution in [2.75, 3.05) is 44.4 Å². The van der Waals surface area contributed by atoms with Crippen molar-refractivity contribution < 1.29 is 8.42 Å². The van der Waals surface area contributed by atoms with Crippen molar-refractivity contribution in [1.29, 1.82) is 0 Å². The van der Waals surface area contributed by atoms with Crippen molar-refractivity contribution in [3.63, 3.8) is 0 Å². The molecule has 0 radical (unpaired) electrons. The van der Waals surface area contributed by atoms with E-state index in [4.69, 9.17) is 0 Å². The summed E-state index contributed by atoms with van der Waals surface area (Å²) in [6.07, 6.45) is 3.95. The van der Waals surface area contributed by atoms with Crippen LogP contribution in [0.2, 0.25) is 0 Å². The normalized spacial score (nSPS) is 29.1. The molecule has 0 atom stereocenters. The van der Waals surface area contributed by atoms with Crippen LogP contribution >= 0.6 is 0 Å². The van der Waals surface area contributed by atoms with E-state index < -0.39 is 9.84 Å². The van der Waals surface area contributed by atoms with Gasteiger partial charge >= 0.3 is 0 Å². The summed E-state index contributed by atoms with van der Waals surface area (Å²) in [5.41, 5.74) is 0. The van der Waals surface area contributed by atoms with E-state index in [-0.39, 0.29) is 0 Å². The number of nitrogens with zero attached hydrogens (tertiary/aromatic N) is 2. The summed E-state index contributed by atoms with van der Waals surface area (Å²) in [4.78, 5) is 4.72. The summed E-state index contributed by atoms with van der Waals surface area (Å²) in [6, 6.07) is 0. The molecule has 2 rings (SSSR count). The molecule has 0 unspecified atom stereocenters. The van der Waals surface area contributed by atoms with Crippen molar-refractivity contribution in [1.82, 2.24) is 9.80 Å². The molecule has 15 heavy (non-hydrogen) atoms. The SMILES string of the molecule is O=S1(=O)CCN(CN2CCCCC2)CC1. The van der Waals surface area contributed by atoms with Crippen LogP contribution in [0.3, 0.4) is 0 Å². The zero-order chi connectivity index (χ0) is 10.7. The molecule has 0 aliphatic carbocycles. The average Bonchev–Trinajstić information content (AvgIpc) is 2.23. The molecule has 88 valence electrons. The molecule has 0 aromatic carbocycles.